The minimum atomic E-state index is -3.18. The number of esters is 1. The van der Waals surface area contributed by atoms with Crippen LogP contribution in [0, 0.1) is 17.8 Å². The lowest BCUT2D eigenvalue weighted by molar-refractivity contribution is -0.290. The Morgan fingerprint density at radius 2 is 1.85 bits per heavy atom. The first-order valence-electron chi connectivity index (χ1n) is 19.3. The summed E-state index contributed by atoms with van der Waals surface area (Å²) >= 11 is 0. The topological polar surface area (TPSA) is 175 Å². The Labute approximate surface area is 324 Å². The molecule has 0 radical (unpaired) electrons. The summed E-state index contributed by atoms with van der Waals surface area (Å²) in [6, 6.07) is 2.33. The summed E-state index contributed by atoms with van der Waals surface area (Å²) in [4.78, 5) is 61.9. The van der Waals surface area contributed by atoms with Gasteiger partial charge in [-0.05, 0) is 58.6 Å². The molecule has 55 heavy (non-hydrogen) atoms. The molecular weight excluding hydrogens is 715 g/mol. The van der Waals surface area contributed by atoms with Crippen molar-refractivity contribution in [3.8, 4) is 0 Å². The fraction of sp³-hybridized carbons (Fsp3) is 0.725. The van der Waals surface area contributed by atoms with Crippen LogP contribution in [0.3, 0.4) is 0 Å². The second-order valence-corrected chi connectivity index (χ2v) is 15.9. The number of rotatable bonds is 12. The maximum absolute atomic E-state index is 16.8. The summed E-state index contributed by atoms with van der Waals surface area (Å²) in [7, 11) is 1.39. The van der Waals surface area contributed by atoms with Gasteiger partial charge in [0, 0.05) is 69.5 Å². The van der Waals surface area contributed by atoms with E-state index in [9.17, 15) is 24.3 Å². The van der Waals surface area contributed by atoms with Gasteiger partial charge in [-0.2, -0.15) is 0 Å². The Kier molecular flexibility index (Phi) is 14.8. The van der Waals surface area contributed by atoms with Gasteiger partial charge in [0.15, 0.2) is 17.7 Å². The number of nitrogens with zero attached hydrogens (tertiary/aromatic N) is 2. The van der Waals surface area contributed by atoms with Gasteiger partial charge in [-0.25, -0.2) is 14.0 Å². The highest BCUT2D eigenvalue weighted by Crippen LogP contribution is 2.43. The molecule has 0 aromatic carbocycles. The maximum Gasteiger partial charge on any atom is 0.410 e. The van der Waals surface area contributed by atoms with E-state index in [0.29, 0.717) is 26.1 Å². The average Bonchev–Trinajstić information content (AvgIpc) is 3.42. The number of ketones is 2. The number of carbonyl (C=O) groups is 4. The van der Waals surface area contributed by atoms with Gasteiger partial charge in [0.1, 0.15) is 18.0 Å². The highest BCUT2D eigenvalue weighted by Gasteiger charge is 2.61. The monoisotopic (exact) mass is 776 g/mol. The number of fused-ring (bicyclic) bond motifs is 1. The van der Waals surface area contributed by atoms with E-state index in [1.54, 1.807) is 53.1 Å². The second-order valence-electron chi connectivity index (χ2n) is 15.9. The quantitative estimate of drug-likeness (QED) is 0.122. The van der Waals surface area contributed by atoms with Crippen LogP contribution in [0.15, 0.2) is 37.2 Å². The zero-order valence-electron chi connectivity index (χ0n) is 33.7. The summed E-state index contributed by atoms with van der Waals surface area (Å²) in [5.74, 6) is -5.85. The molecule has 3 aliphatic heterocycles. The van der Waals surface area contributed by atoms with Gasteiger partial charge in [-0.15, -0.1) is 6.58 Å². The van der Waals surface area contributed by atoms with Gasteiger partial charge < -0.3 is 39.4 Å². The molecule has 14 nitrogen and oxygen atoms in total. The third-order valence-corrected chi connectivity index (χ3v) is 11.7. The minimum absolute atomic E-state index is 0.0129. The normalized spacial score (nSPS) is 39.2. The second kappa shape index (κ2) is 18.3. The smallest absolute Gasteiger partial charge is 0.410 e. The number of pyridine rings is 1. The molecule has 0 saturated carbocycles. The molecule has 13 atom stereocenters. The van der Waals surface area contributed by atoms with E-state index in [2.05, 4.69) is 22.2 Å². The van der Waals surface area contributed by atoms with Gasteiger partial charge in [0.25, 0.3) is 5.67 Å². The number of aliphatic hydroxyl groups is 1. The van der Waals surface area contributed by atoms with E-state index >= 15 is 4.39 Å². The van der Waals surface area contributed by atoms with Gasteiger partial charge in [-0.3, -0.25) is 19.5 Å². The Bertz CT molecular complexity index is 1520. The number of Topliss-reactive ketones (excluding diaryl/α,β-unsaturated/α-hetero) is 2. The molecule has 1 unspecified atom stereocenters. The van der Waals surface area contributed by atoms with Crippen molar-refractivity contribution in [1.29, 1.82) is 0 Å². The van der Waals surface area contributed by atoms with Gasteiger partial charge >= 0.3 is 12.1 Å². The first-order chi connectivity index (χ1) is 25.9. The number of methoxy groups -OCH3 is 1. The first kappa shape index (κ1) is 44.4. The van der Waals surface area contributed by atoms with Crippen molar-refractivity contribution in [3.05, 3.63) is 42.7 Å². The van der Waals surface area contributed by atoms with Crippen molar-refractivity contribution in [2.75, 3.05) is 26.7 Å². The highest BCUT2D eigenvalue weighted by molar-refractivity contribution is 6.08. The van der Waals surface area contributed by atoms with Crippen LogP contribution < -0.4 is 10.6 Å². The molecular formula is C40H61FN4O10. The zero-order valence-corrected chi connectivity index (χ0v) is 33.7. The van der Waals surface area contributed by atoms with Crippen molar-refractivity contribution in [1.82, 2.24) is 20.5 Å². The number of ether oxygens (including phenoxy) is 5. The molecule has 4 heterocycles. The van der Waals surface area contributed by atoms with Crippen molar-refractivity contribution in [3.63, 3.8) is 0 Å². The van der Waals surface area contributed by atoms with Crippen LogP contribution in [0.4, 0.5) is 9.18 Å². The highest BCUT2D eigenvalue weighted by atomic mass is 19.1. The third-order valence-electron chi connectivity index (χ3n) is 11.7. The zero-order chi connectivity index (χ0) is 40.9. The Morgan fingerprint density at radius 3 is 2.47 bits per heavy atom. The molecule has 1 amide bonds. The Hall–Kier alpha value is -3.34. The fourth-order valence-corrected chi connectivity index (χ4v) is 8.60. The number of aliphatic hydroxyl groups excluding tert-OH is 1. The molecule has 3 N–H and O–H groups in total. The maximum atomic E-state index is 16.8. The van der Waals surface area contributed by atoms with E-state index in [1.807, 2.05) is 19.1 Å². The van der Waals surface area contributed by atoms with Gasteiger partial charge in [0.05, 0.1) is 23.9 Å². The molecule has 3 fully saturated rings. The summed E-state index contributed by atoms with van der Waals surface area (Å²) in [5, 5.41) is 17.9. The number of cyclic esters (lactones) is 1. The van der Waals surface area contributed by atoms with E-state index in [-0.39, 0.29) is 31.3 Å². The molecule has 3 aliphatic rings. The van der Waals surface area contributed by atoms with Crippen LogP contribution in [0.5, 0.6) is 0 Å². The molecule has 0 spiro atoms. The summed E-state index contributed by atoms with van der Waals surface area (Å²) in [6.45, 7) is 17.5. The number of alkyl halides is 1. The molecule has 0 bridgehead atoms. The fourth-order valence-electron chi connectivity index (χ4n) is 8.60. The number of amides is 1. The van der Waals surface area contributed by atoms with E-state index in [4.69, 9.17) is 23.7 Å². The molecule has 0 aliphatic carbocycles. The standard InChI is InChI=1S/C40H61FN4O10/c1-11-15-44-28-19-24(4)52-35(31(28)47)54-34-26(6)33(48)39(8,41)36(49)53-29(12-2)40(9)32(25(5)30(46)23(3)20-38(34,7)51-10)45(37(50)55-40)18-17-43-22-27-14-13-16-42-21-27/h11,13-14,16,21,23-26,28-29,31-32,34-35,43-44,47H,1,12,15,17-20,22H2,2-10H3/t23-,24-,25+,26+,28+,29-,31+,32?,34-,35+,38-,39+,40-/m1/s1. The lowest BCUT2D eigenvalue weighted by Gasteiger charge is -2.46. The van der Waals surface area contributed by atoms with E-state index in [0.717, 1.165) is 12.5 Å². The number of halogens is 1. The van der Waals surface area contributed by atoms with Crippen LogP contribution >= 0.6 is 0 Å². The molecule has 1 aromatic heterocycles. The van der Waals surface area contributed by atoms with Crippen molar-refractivity contribution in [2.24, 2.45) is 17.8 Å². The van der Waals surface area contributed by atoms with Crippen LogP contribution in [0.1, 0.15) is 80.2 Å². The van der Waals surface area contributed by atoms with Crippen LogP contribution in [0.2, 0.25) is 0 Å². The predicted octanol–water partition coefficient (Wildman–Crippen LogP) is 3.68. The predicted molar refractivity (Wildman–Crippen MR) is 200 cm³/mol. The van der Waals surface area contributed by atoms with Crippen molar-refractivity contribution in [2.45, 2.75) is 141 Å². The minimum Gasteiger partial charge on any atom is -0.455 e. The van der Waals surface area contributed by atoms with Crippen molar-refractivity contribution < 1.29 is 52.4 Å². The Morgan fingerprint density at radius 1 is 1.15 bits per heavy atom. The molecule has 4 rings (SSSR count). The lowest BCUT2D eigenvalue weighted by atomic mass is 9.73. The third kappa shape index (κ3) is 9.45. The van der Waals surface area contributed by atoms with Gasteiger partial charge in [-0.1, -0.05) is 39.8 Å². The van der Waals surface area contributed by atoms with Crippen LogP contribution in [-0.2, 0) is 44.6 Å². The SMILES string of the molecule is C=CCN[C@H]1C[C@@H](C)O[C@@H](O[C@@H]2[C@@H](C)C(=O)[C@](C)(F)C(=O)O[C@H](CC)[C@@]3(C)OC(=O)N(CCNCc4cccnc4)C3[C@@H](C)C(=O)[C@H](C)C[C@@]2(C)OC)[C@H]1O. The summed E-state index contributed by atoms with van der Waals surface area (Å²) in [5.41, 5.74) is -5.30. The number of nitrogens with one attached hydrogen (secondary N) is 2. The average molecular weight is 777 g/mol. The molecule has 3 saturated heterocycles. The largest absolute Gasteiger partial charge is 0.455 e. The lowest BCUT2D eigenvalue weighted by Crippen LogP contribution is -2.62. The van der Waals surface area contributed by atoms with Crippen LogP contribution in [-0.4, -0.2) is 125 Å². The number of hydrogen-bond acceptors (Lipinski definition) is 13. The summed E-state index contributed by atoms with van der Waals surface area (Å²) in [6.07, 6.45) is -0.546. The van der Waals surface area contributed by atoms with E-state index in [1.165, 1.54) is 18.9 Å². The summed E-state index contributed by atoms with van der Waals surface area (Å²) < 4.78 is 47.2. The number of hydrogen-bond donors (Lipinski definition) is 3. The Balaban J connectivity index is 1.74. The van der Waals surface area contributed by atoms with Gasteiger partial charge in [0.2, 0.25) is 0 Å². The first-order valence-corrected chi connectivity index (χ1v) is 19.3. The van der Waals surface area contributed by atoms with E-state index < -0.39 is 89.2 Å². The molecule has 308 valence electrons. The number of aromatic nitrogens is 1. The number of carbonyl (C=O) groups excluding carboxylic acids is 4. The molecule has 1 aromatic rings. The van der Waals surface area contributed by atoms with Crippen molar-refractivity contribution >= 4 is 23.6 Å². The van der Waals surface area contributed by atoms with Crippen LogP contribution in [0.25, 0.3) is 0 Å². The molecule has 15 heteroatoms.